The molecule has 1 fully saturated rings. The van der Waals surface area contributed by atoms with Gasteiger partial charge in [0, 0.05) is 14.2 Å². The predicted octanol–water partition coefficient (Wildman–Crippen LogP) is 2.22. The van der Waals surface area contributed by atoms with Crippen molar-refractivity contribution >= 4 is 6.03 Å². The summed E-state index contributed by atoms with van der Waals surface area (Å²) in [5.74, 6) is 0.680. The zero-order valence-electron chi connectivity index (χ0n) is 12.6. The Labute approximate surface area is 125 Å². The van der Waals surface area contributed by atoms with Crippen LogP contribution in [0.2, 0.25) is 0 Å². The lowest BCUT2D eigenvalue weighted by atomic mass is 9.92. The number of methoxy groups -OCH3 is 2. The minimum Gasteiger partial charge on any atom is -0.467 e. The molecule has 1 aromatic heterocycles. The van der Waals surface area contributed by atoms with E-state index in [0.29, 0.717) is 12.4 Å². The molecule has 2 amide bonds. The molecule has 1 heterocycles. The Morgan fingerprint density at radius 3 is 2.90 bits per heavy atom. The topological polar surface area (TPSA) is 72.7 Å². The summed E-state index contributed by atoms with van der Waals surface area (Å²) in [6, 6.07) is 3.16. The molecule has 2 rings (SSSR count). The van der Waals surface area contributed by atoms with Gasteiger partial charge in [0.1, 0.15) is 11.8 Å². The van der Waals surface area contributed by atoms with Crippen LogP contribution in [-0.2, 0) is 9.47 Å². The van der Waals surface area contributed by atoms with Crippen molar-refractivity contribution in [3.05, 3.63) is 24.2 Å². The summed E-state index contributed by atoms with van der Waals surface area (Å²) in [6.07, 6.45) is 5.87. The molecule has 21 heavy (non-hydrogen) atoms. The smallest absolute Gasteiger partial charge is 0.315 e. The van der Waals surface area contributed by atoms with Gasteiger partial charge in [0.15, 0.2) is 0 Å². The Morgan fingerprint density at radius 1 is 1.43 bits per heavy atom. The third-order valence-electron chi connectivity index (χ3n) is 3.85. The highest BCUT2D eigenvalue weighted by Gasteiger charge is 2.27. The van der Waals surface area contributed by atoms with Crippen LogP contribution in [0.15, 0.2) is 22.8 Å². The van der Waals surface area contributed by atoms with Gasteiger partial charge in [-0.25, -0.2) is 4.79 Å². The maximum atomic E-state index is 12.2. The molecule has 0 aliphatic heterocycles. The number of furan rings is 1. The first-order valence-corrected chi connectivity index (χ1v) is 7.36. The molecule has 0 bridgehead atoms. The summed E-state index contributed by atoms with van der Waals surface area (Å²) in [5.41, 5.74) is 0. The molecular formula is C15H24N2O4. The summed E-state index contributed by atoms with van der Waals surface area (Å²) in [5, 5.41) is 5.89. The SMILES string of the molecule is COC[C@H](NC(=O)N[C@@H]1CCCC[C@@H]1OC)c1ccco1. The highest BCUT2D eigenvalue weighted by atomic mass is 16.5. The molecule has 0 saturated heterocycles. The Balaban J connectivity index is 1.89. The Hall–Kier alpha value is -1.53. The zero-order valence-corrected chi connectivity index (χ0v) is 12.6. The van der Waals surface area contributed by atoms with E-state index in [2.05, 4.69) is 10.6 Å². The van der Waals surface area contributed by atoms with Gasteiger partial charge in [-0.3, -0.25) is 0 Å². The summed E-state index contributed by atoms with van der Waals surface area (Å²) in [4.78, 5) is 12.2. The number of ether oxygens (including phenoxy) is 2. The van der Waals surface area contributed by atoms with E-state index in [-0.39, 0.29) is 24.2 Å². The Morgan fingerprint density at radius 2 is 2.24 bits per heavy atom. The van der Waals surface area contributed by atoms with Gasteiger partial charge >= 0.3 is 6.03 Å². The molecule has 1 saturated carbocycles. The lowest BCUT2D eigenvalue weighted by Crippen LogP contribution is -2.50. The Bertz CT molecular complexity index is 421. The molecule has 0 unspecified atom stereocenters. The standard InChI is InChI=1S/C15H24N2O4/c1-19-10-12(14-8-5-9-21-14)17-15(18)16-11-6-3-4-7-13(11)20-2/h5,8-9,11-13H,3-4,6-7,10H2,1-2H3,(H2,16,17,18)/t11-,12+,13+/m1/s1. The first-order chi connectivity index (χ1) is 10.2. The number of carbonyl (C=O) groups is 1. The highest BCUT2D eigenvalue weighted by Crippen LogP contribution is 2.21. The van der Waals surface area contributed by atoms with E-state index in [9.17, 15) is 4.79 Å². The average molecular weight is 296 g/mol. The second-order valence-corrected chi connectivity index (χ2v) is 5.31. The summed E-state index contributed by atoms with van der Waals surface area (Å²) >= 11 is 0. The van der Waals surface area contributed by atoms with Gasteiger partial charge < -0.3 is 24.5 Å². The molecule has 6 nitrogen and oxygen atoms in total. The molecule has 1 aromatic rings. The van der Waals surface area contributed by atoms with Crippen molar-refractivity contribution in [2.45, 2.75) is 43.9 Å². The van der Waals surface area contributed by atoms with Crippen molar-refractivity contribution < 1.29 is 18.7 Å². The summed E-state index contributed by atoms with van der Waals surface area (Å²) in [7, 11) is 3.29. The van der Waals surface area contributed by atoms with Crippen molar-refractivity contribution in [1.82, 2.24) is 10.6 Å². The average Bonchev–Trinajstić information content (AvgIpc) is 3.01. The quantitative estimate of drug-likeness (QED) is 0.844. The number of rotatable bonds is 6. The molecule has 1 aliphatic rings. The van der Waals surface area contributed by atoms with Crippen LogP contribution in [0.1, 0.15) is 37.5 Å². The van der Waals surface area contributed by atoms with Crippen molar-refractivity contribution in [3.63, 3.8) is 0 Å². The molecular weight excluding hydrogens is 272 g/mol. The fourth-order valence-electron chi connectivity index (χ4n) is 2.76. The second kappa shape index (κ2) is 8.05. The lowest BCUT2D eigenvalue weighted by Gasteiger charge is -2.31. The molecule has 3 atom stereocenters. The monoisotopic (exact) mass is 296 g/mol. The third kappa shape index (κ3) is 4.47. The van der Waals surface area contributed by atoms with Crippen LogP contribution in [0.4, 0.5) is 4.79 Å². The molecule has 2 N–H and O–H groups in total. The Kier molecular flexibility index (Phi) is 6.07. The van der Waals surface area contributed by atoms with Crippen LogP contribution in [-0.4, -0.2) is 39.0 Å². The fourth-order valence-corrected chi connectivity index (χ4v) is 2.76. The number of hydrogen-bond donors (Lipinski definition) is 2. The normalized spacial score (nSPS) is 23.5. The lowest BCUT2D eigenvalue weighted by molar-refractivity contribution is 0.0447. The molecule has 0 aromatic carbocycles. The van der Waals surface area contributed by atoms with Crippen LogP contribution < -0.4 is 10.6 Å². The predicted molar refractivity (Wildman–Crippen MR) is 78.0 cm³/mol. The van der Waals surface area contributed by atoms with Crippen molar-refractivity contribution in [3.8, 4) is 0 Å². The summed E-state index contributed by atoms with van der Waals surface area (Å²) in [6.45, 7) is 0.360. The van der Waals surface area contributed by atoms with E-state index < -0.39 is 0 Å². The van der Waals surface area contributed by atoms with Crippen LogP contribution in [0.25, 0.3) is 0 Å². The van der Waals surface area contributed by atoms with E-state index >= 15 is 0 Å². The minimum absolute atomic E-state index is 0.0588. The number of nitrogens with one attached hydrogen (secondary N) is 2. The first kappa shape index (κ1) is 15.9. The molecule has 118 valence electrons. The fraction of sp³-hybridized carbons (Fsp3) is 0.667. The zero-order chi connectivity index (χ0) is 15.1. The number of urea groups is 1. The van der Waals surface area contributed by atoms with Crippen LogP contribution in [0.3, 0.4) is 0 Å². The van der Waals surface area contributed by atoms with Gasteiger partial charge in [-0.15, -0.1) is 0 Å². The molecule has 0 spiro atoms. The largest absolute Gasteiger partial charge is 0.467 e. The highest BCUT2D eigenvalue weighted by molar-refractivity contribution is 5.74. The van der Waals surface area contributed by atoms with E-state index in [4.69, 9.17) is 13.9 Å². The van der Waals surface area contributed by atoms with Crippen LogP contribution in [0.5, 0.6) is 0 Å². The van der Waals surface area contributed by atoms with E-state index in [1.165, 1.54) is 0 Å². The van der Waals surface area contributed by atoms with Gasteiger partial charge in [-0.2, -0.15) is 0 Å². The number of carbonyl (C=O) groups excluding carboxylic acids is 1. The molecule has 0 radical (unpaired) electrons. The van der Waals surface area contributed by atoms with E-state index in [0.717, 1.165) is 25.7 Å². The second-order valence-electron chi connectivity index (χ2n) is 5.31. The first-order valence-electron chi connectivity index (χ1n) is 7.36. The minimum atomic E-state index is -0.297. The summed E-state index contributed by atoms with van der Waals surface area (Å²) < 4.78 is 15.9. The maximum Gasteiger partial charge on any atom is 0.315 e. The van der Waals surface area contributed by atoms with Crippen molar-refractivity contribution in [2.75, 3.05) is 20.8 Å². The molecule has 6 heteroatoms. The maximum absolute atomic E-state index is 12.2. The van der Waals surface area contributed by atoms with Gasteiger partial charge in [-0.05, 0) is 25.0 Å². The molecule has 1 aliphatic carbocycles. The van der Waals surface area contributed by atoms with Crippen molar-refractivity contribution in [2.24, 2.45) is 0 Å². The van der Waals surface area contributed by atoms with Crippen molar-refractivity contribution in [1.29, 1.82) is 0 Å². The van der Waals surface area contributed by atoms with Gasteiger partial charge in [0.2, 0.25) is 0 Å². The van der Waals surface area contributed by atoms with Gasteiger partial charge in [0.05, 0.1) is 25.0 Å². The van der Waals surface area contributed by atoms with Gasteiger partial charge in [-0.1, -0.05) is 12.8 Å². The van der Waals surface area contributed by atoms with Crippen LogP contribution >= 0.6 is 0 Å². The van der Waals surface area contributed by atoms with Crippen LogP contribution in [0, 0.1) is 0 Å². The van der Waals surface area contributed by atoms with E-state index in [1.54, 1.807) is 26.5 Å². The van der Waals surface area contributed by atoms with Gasteiger partial charge in [0.25, 0.3) is 0 Å². The van der Waals surface area contributed by atoms with E-state index in [1.807, 2.05) is 6.07 Å². The number of amides is 2. The number of hydrogen-bond acceptors (Lipinski definition) is 4. The third-order valence-corrected chi connectivity index (χ3v) is 3.85.